The molecule has 1 amide bonds. The number of amides is 1. The summed E-state index contributed by atoms with van der Waals surface area (Å²) in [5.74, 6) is -1.02. The van der Waals surface area contributed by atoms with Gasteiger partial charge >= 0.3 is 5.97 Å². The summed E-state index contributed by atoms with van der Waals surface area (Å²) >= 11 is 0. The van der Waals surface area contributed by atoms with Crippen molar-refractivity contribution < 1.29 is 19.4 Å². The third-order valence-electron chi connectivity index (χ3n) is 2.21. The van der Waals surface area contributed by atoms with Gasteiger partial charge in [0.05, 0.1) is 0 Å². The van der Waals surface area contributed by atoms with Crippen molar-refractivity contribution in [2.45, 2.75) is 6.92 Å². The van der Waals surface area contributed by atoms with Crippen LogP contribution in [0.3, 0.4) is 0 Å². The summed E-state index contributed by atoms with van der Waals surface area (Å²) in [6.45, 7) is 5.45. The SMILES string of the molecule is C=CCNC(=O)COc1ccc(C)nc1C=CC(=O)O. The molecule has 0 saturated heterocycles. The molecule has 6 nitrogen and oxygen atoms in total. The fourth-order valence-electron chi connectivity index (χ4n) is 1.34. The maximum atomic E-state index is 11.4. The molecular weight excluding hydrogens is 260 g/mol. The molecule has 1 aromatic rings. The van der Waals surface area contributed by atoms with Crippen LogP contribution < -0.4 is 10.1 Å². The molecule has 1 rings (SSSR count). The van der Waals surface area contributed by atoms with E-state index in [1.807, 2.05) is 0 Å². The second kappa shape index (κ2) is 7.73. The Kier molecular flexibility index (Phi) is 5.96. The molecule has 20 heavy (non-hydrogen) atoms. The molecule has 0 radical (unpaired) electrons. The van der Waals surface area contributed by atoms with E-state index >= 15 is 0 Å². The van der Waals surface area contributed by atoms with Gasteiger partial charge in [-0.05, 0) is 25.1 Å². The van der Waals surface area contributed by atoms with Crippen molar-refractivity contribution in [1.29, 1.82) is 0 Å². The number of rotatable bonds is 7. The van der Waals surface area contributed by atoms with E-state index in [1.165, 1.54) is 6.08 Å². The highest BCUT2D eigenvalue weighted by atomic mass is 16.5. The molecular formula is C14H16N2O4. The van der Waals surface area contributed by atoms with E-state index in [-0.39, 0.29) is 12.5 Å². The summed E-state index contributed by atoms with van der Waals surface area (Å²) < 4.78 is 5.33. The van der Waals surface area contributed by atoms with E-state index in [4.69, 9.17) is 9.84 Å². The first-order valence-electron chi connectivity index (χ1n) is 5.92. The molecule has 2 N–H and O–H groups in total. The normalized spacial score (nSPS) is 10.2. The van der Waals surface area contributed by atoms with Crippen LogP contribution in [-0.2, 0) is 9.59 Å². The van der Waals surface area contributed by atoms with Gasteiger partial charge in [-0.25, -0.2) is 9.78 Å². The zero-order chi connectivity index (χ0) is 15.0. The number of aromatic nitrogens is 1. The highest BCUT2D eigenvalue weighted by Crippen LogP contribution is 2.18. The molecule has 0 fully saturated rings. The maximum Gasteiger partial charge on any atom is 0.328 e. The molecule has 0 atom stereocenters. The molecule has 1 heterocycles. The molecule has 0 aliphatic carbocycles. The monoisotopic (exact) mass is 276 g/mol. The van der Waals surface area contributed by atoms with Crippen LogP contribution in [0.2, 0.25) is 0 Å². The molecule has 0 aliphatic rings. The Hall–Kier alpha value is -2.63. The van der Waals surface area contributed by atoms with Crippen LogP contribution in [0.5, 0.6) is 5.75 Å². The number of aryl methyl sites for hydroxylation is 1. The van der Waals surface area contributed by atoms with Gasteiger partial charge in [0.1, 0.15) is 11.4 Å². The number of nitrogens with zero attached hydrogens (tertiary/aromatic N) is 1. The van der Waals surface area contributed by atoms with E-state index in [9.17, 15) is 9.59 Å². The van der Waals surface area contributed by atoms with Gasteiger partial charge in [0.25, 0.3) is 5.91 Å². The van der Waals surface area contributed by atoms with Crippen molar-refractivity contribution in [2.75, 3.05) is 13.2 Å². The minimum absolute atomic E-state index is 0.174. The summed E-state index contributed by atoms with van der Waals surface area (Å²) in [5, 5.41) is 11.2. The first-order valence-corrected chi connectivity index (χ1v) is 5.92. The number of pyridine rings is 1. The number of carboxylic acids is 1. The topological polar surface area (TPSA) is 88.5 Å². The van der Waals surface area contributed by atoms with Gasteiger partial charge in [-0.3, -0.25) is 4.79 Å². The Morgan fingerprint density at radius 3 is 2.90 bits per heavy atom. The summed E-state index contributed by atoms with van der Waals surface area (Å²) in [7, 11) is 0. The Balaban J connectivity index is 2.76. The van der Waals surface area contributed by atoms with E-state index in [1.54, 1.807) is 25.1 Å². The van der Waals surface area contributed by atoms with Gasteiger partial charge in [-0.1, -0.05) is 6.08 Å². The number of carbonyl (C=O) groups excluding carboxylic acids is 1. The second-order valence-electron chi connectivity index (χ2n) is 3.89. The van der Waals surface area contributed by atoms with Gasteiger partial charge in [0.2, 0.25) is 0 Å². The van der Waals surface area contributed by atoms with E-state index in [0.717, 1.165) is 11.8 Å². The first-order chi connectivity index (χ1) is 9.52. The Morgan fingerprint density at radius 2 is 2.25 bits per heavy atom. The van der Waals surface area contributed by atoms with Crippen LogP contribution in [0.4, 0.5) is 0 Å². The number of carboxylic acid groups (broad SMARTS) is 1. The lowest BCUT2D eigenvalue weighted by molar-refractivity contribution is -0.131. The molecule has 106 valence electrons. The third kappa shape index (κ3) is 5.34. The number of ether oxygens (including phenoxy) is 1. The van der Waals surface area contributed by atoms with Gasteiger partial charge in [0, 0.05) is 18.3 Å². The van der Waals surface area contributed by atoms with Gasteiger partial charge < -0.3 is 15.2 Å². The highest BCUT2D eigenvalue weighted by Gasteiger charge is 2.06. The third-order valence-corrected chi connectivity index (χ3v) is 2.21. The highest BCUT2D eigenvalue weighted by molar-refractivity contribution is 5.85. The minimum Gasteiger partial charge on any atom is -0.482 e. The summed E-state index contributed by atoms with van der Waals surface area (Å²) in [4.78, 5) is 26.1. The molecule has 0 unspecified atom stereocenters. The van der Waals surface area contributed by atoms with Crippen molar-refractivity contribution in [3.05, 3.63) is 42.3 Å². The van der Waals surface area contributed by atoms with Crippen molar-refractivity contribution in [2.24, 2.45) is 0 Å². The minimum atomic E-state index is -1.08. The quantitative estimate of drug-likeness (QED) is 0.576. The van der Waals surface area contributed by atoms with Crippen LogP contribution in [0.1, 0.15) is 11.4 Å². The van der Waals surface area contributed by atoms with E-state index in [0.29, 0.717) is 18.0 Å². The predicted octanol–water partition coefficient (Wildman–Crippen LogP) is 1.17. The summed E-state index contributed by atoms with van der Waals surface area (Å²) in [5.41, 5.74) is 1.09. The number of nitrogens with one attached hydrogen (secondary N) is 1. The molecule has 0 aliphatic heterocycles. The number of hydrogen-bond acceptors (Lipinski definition) is 4. The summed E-state index contributed by atoms with van der Waals surface area (Å²) in [6.07, 6.45) is 3.85. The van der Waals surface area contributed by atoms with Crippen molar-refractivity contribution in [3.8, 4) is 5.75 Å². The average Bonchev–Trinajstić information content (AvgIpc) is 2.41. The van der Waals surface area contributed by atoms with Gasteiger partial charge in [-0.15, -0.1) is 6.58 Å². The maximum absolute atomic E-state index is 11.4. The number of hydrogen-bond donors (Lipinski definition) is 2. The van der Waals surface area contributed by atoms with Crippen LogP contribution >= 0.6 is 0 Å². The smallest absolute Gasteiger partial charge is 0.328 e. The Morgan fingerprint density at radius 1 is 1.50 bits per heavy atom. The molecule has 0 saturated carbocycles. The van der Waals surface area contributed by atoms with Crippen molar-refractivity contribution >= 4 is 18.0 Å². The second-order valence-corrected chi connectivity index (χ2v) is 3.89. The molecule has 1 aromatic heterocycles. The van der Waals surface area contributed by atoms with Crippen LogP contribution in [0, 0.1) is 6.92 Å². The zero-order valence-electron chi connectivity index (χ0n) is 11.1. The number of carbonyl (C=O) groups is 2. The van der Waals surface area contributed by atoms with E-state index < -0.39 is 5.97 Å². The van der Waals surface area contributed by atoms with Gasteiger partial charge in [-0.2, -0.15) is 0 Å². The lowest BCUT2D eigenvalue weighted by atomic mass is 10.2. The molecule has 6 heteroatoms. The molecule has 0 spiro atoms. The standard InChI is InChI=1S/C14H16N2O4/c1-3-8-15-13(17)9-20-12-6-4-10(2)16-11(12)5-7-14(18)19/h3-7H,1,8-9H2,2H3,(H,15,17)(H,18,19). The lowest BCUT2D eigenvalue weighted by Crippen LogP contribution is -2.28. The first kappa shape index (κ1) is 15.4. The largest absolute Gasteiger partial charge is 0.482 e. The Bertz CT molecular complexity index is 538. The van der Waals surface area contributed by atoms with E-state index in [2.05, 4.69) is 16.9 Å². The predicted molar refractivity (Wildman–Crippen MR) is 74.3 cm³/mol. The van der Waals surface area contributed by atoms with Crippen LogP contribution in [-0.4, -0.2) is 35.1 Å². The average molecular weight is 276 g/mol. The Labute approximate surface area is 116 Å². The number of aliphatic carboxylic acids is 1. The van der Waals surface area contributed by atoms with Crippen LogP contribution in [0.25, 0.3) is 6.08 Å². The van der Waals surface area contributed by atoms with Crippen molar-refractivity contribution in [3.63, 3.8) is 0 Å². The fraction of sp³-hybridized carbons (Fsp3) is 0.214. The summed E-state index contributed by atoms with van der Waals surface area (Å²) in [6, 6.07) is 3.36. The molecule has 0 bridgehead atoms. The zero-order valence-corrected chi connectivity index (χ0v) is 11.1. The van der Waals surface area contributed by atoms with Crippen molar-refractivity contribution in [1.82, 2.24) is 10.3 Å². The van der Waals surface area contributed by atoms with Gasteiger partial charge in [0.15, 0.2) is 6.61 Å². The lowest BCUT2D eigenvalue weighted by Gasteiger charge is -2.09. The fourth-order valence-corrected chi connectivity index (χ4v) is 1.34. The van der Waals surface area contributed by atoms with Crippen LogP contribution in [0.15, 0.2) is 30.9 Å². The molecule has 0 aromatic carbocycles.